The van der Waals surface area contributed by atoms with Crippen LogP contribution in [0.4, 0.5) is 0 Å². The molecule has 8 nitrogen and oxygen atoms in total. The minimum Gasteiger partial charge on any atom is -0.379 e. The lowest BCUT2D eigenvalue weighted by Crippen LogP contribution is -2.44. The number of aryl methyl sites for hydroxylation is 2. The van der Waals surface area contributed by atoms with E-state index in [9.17, 15) is 13.2 Å². The minimum absolute atomic E-state index is 0.0369. The second-order valence-corrected chi connectivity index (χ2v) is 8.34. The van der Waals surface area contributed by atoms with Crippen LogP contribution in [0.2, 0.25) is 0 Å². The maximum Gasteiger partial charge on any atom is 0.242 e. The van der Waals surface area contributed by atoms with Gasteiger partial charge in [-0.2, -0.15) is 5.10 Å². The number of carbonyl (C=O) groups is 1. The van der Waals surface area contributed by atoms with Gasteiger partial charge < -0.3 is 10.1 Å². The molecule has 1 saturated heterocycles. The number of aromatic nitrogens is 2. The zero-order valence-electron chi connectivity index (χ0n) is 13.9. The van der Waals surface area contributed by atoms with Crippen LogP contribution in [0, 0.1) is 19.8 Å². The molecule has 1 aliphatic rings. The Hall–Kier alpha value is -1.45. The largest absolute Gasteiger partial charge is 0.379 e. The van der Waals surface area contributed by atoms with Gasteiger partial charge in [-0.15, -0.1) is 0 Å². The van der Waals surface area contributed by atoms with Crippen LogP contribution >= 0.6 is 0 Å². The molecule has 1 aromatic rings. The average molecular weight is 344 g/mol. The van der Waals surface area contributed by atoms with Gasteiger partial charge in [0, 0.05) is 25.7 Å². The van der Waals surface area contributed by atoms with Crippen LogP contribution in [-0.4, -0.2) is 67.5 Å². The van der Waals surface area contributed by atoms with Crippen molar-refractivity contribution >= 4 is 15.9 Å². The molecule has 9 heteroatoms. The van der Waals surface area contributed by atoms with E-state index >= 15 is 0 Å². The molecule has 1 fully saturated rings. The SMILES string of the molecule is Cc1cc(C)n(CC(=O)N[C@H]2COC[C@H]2CS(=O)(=O)N(C)C)n1. The highest BCUT2D eigenvalue weighted by atomic mass is 32.2. The second kappa shape index (κ2) is 6.98. The van der Waals surface area contributed by atoms with Crippen molar-refractivity contribution in [1.82, 2.24) is 19.4 Å². The first-order valence-electron chi connectivity index (χ1n) is 7.47. The molecular formula is C14H24N4O4S. The van der Waals surface area contributed by atoms with Crippen molar-refractivity contribution in [1.29, 1.82) is 0 Å². The summed E-state index contributed by atoms with van der Waals surface area (Å²) < 4.78 is 32.2. The van der Waals surface area contributed by atoms with Gasteiger partial charge in [0.05, 0.1) is 30.7 Å². The third-order valence-corrected chi connectivity index (χ3v) is 5.88. The molecule has 0 spiro atoms. The van der Waals surface area contributed by atoms with Crippen LogP contribution in [-0.2, 0) is 26.1 Å². The van der Waals surface area contributed by atoms with E-state index in [-0.39, 0.29) is 30.2 Å². The highest BCUT2D eigenvalue weighted by Gasteiger charge is 2.34. The second-order valence-electron chi connectivity index (χ2n) is 6.12. The van der Waals surface area contributed by atoms with E-state index in [1.807, 2.05) is 19.9 Å². The van der Waals surface area contributed by atoms with Gasteiger partial charge in [0.2, 0.25) is 15.9 Å². The monoisotopic (exact) mass is 344 g/mol. The van der Waals surface area contributed by atoms with Gasteiger partial charge in [0.25, 0.3) is 0 Å². The van der Waals surface area contributed by atoms with E-state index in [0.29, 0.717) is 13.2 Å². The maximum absolute atomic E-state index is 12.2. The van der Waals surface area contributed by atoms with Crippen LogP contribution < -0.4 is 5.32 Å². The van der Waals surface area contributed by atoms with Crippen LogP contribution in [0.1, 0.15) is 11.4 Å². The summed E-state index contributed by atoms with van der Waals surface area (Å²) in [5.74, 6) is -0.476. The Morgan fingerprint density at radius 2 is 2.13 bits per heavy atom. The van der Waals surface area contributed by atoms with Crippen LogP contribution in [0.25, 0.3) is 0 Å². The highest BCUT2D eigenvalue weighted by Crippen LogP contribution is 2.17. The molecule has 0 unspecified atom stereocenters. The molecule has 2 rings (SSSR count). The van der Waals surface area contributed by atoms with Gasteiger partial charge in [-0.3, -0.25) is 9.48 Å². The molecule has 23 heavy (non-hydrogen) atoms. The number of hydrogen-bond acceptors (Lipinski definition) is 5. The molecule has 0 radical (unpaired) electrons. The smallest absolute Gasteiger partial charge is 0.242 e. The molecular weight excluding hydrogens is 320 g/mol. The van der Waals surface area contributed by atoms with E-state index in [4.69, 9.17) is 4.74 Å². The Bertz CT molecular complexity index is 668. The molecule has 1 N–H and O–H groups in total. The van der Waals surface area contributed by atoms with Crippen molar-refractivity contribution in [3.05, 3.63) is 17.5 Å². The topological polar surface area (TPSA) is 93.5 Å². The fourth-order valence-corrected chi connectivity index (χ4v) is 3.73. The lowest BCUT2D eigenvalue weighted by atomic mass is 10.1. The predicted octanol–water partition coefficient (Wildman–Crippen LogP) is -0.477. The Morgan fingerprint density at radius 3 is 2.70 bits per heavy atom. The van der Waals surface area contributed by atoms with Crippen molar-refractivity contribution in [2.24, 2.45) is 5.92 Å². The first kappa shape index (κ1) is 17.9. The predicted molar refractivity (Wildman–Crippen MR) is 85.4 cm³/mol. The standard InChI is InChI=1S/C14H24N4O4S/c1-10-5-11(2)18(16-10)6-14(19)15-13-8-22-7-12(13)9-23(20,21)17(3)4/h5,12-13H,6-9H2,1-4H3,(H,15,19)/t12-,13-/m0/s1. The van der Waals surface area contributed by atoms with Crippen molar-refractivity contribution in [2.75, 3.05) is 33.1 Å². The number of ether oxygens (including phenoxy) is 1. The molecule has 0 aliphatic carbocycles. The van der Waals surface area contributed by atoms with Crippen molar-refractivity contribution < 1.29 is 17.9 Å². The van der Waals surface area contributed by atoms with Gasteiger partial charge in [0.1, 0.15) is 6.54 Å². The van der Waals surface area contributed by atoms with E-state index in [2.05, 4.69) is 10.4 Å². The Labute approximate surface area is 136 Å². The fourth-order valence-electron chi connectivity index (χ4n) is 2.57. The van der Waals surface area contributed by atoms with E-state index in [1.54, 1.807) is 4.68 Å². The van der Waals surface area contributed by atoms with Gasteiger partial charge in [-0.05, 0) is 19.9 Å². The van der Waals surface area contributed by atoms with Crippen molar-refractivity contribution in [3.8, 4) is 0 Å². The Morgan fingerprint density at radius 1 is 1.43 bits per heavy atom. The first-order valence-corrected chi connectivity index (χ1v) is 9.08. The number of amides is 1. The number of nitrogens with one attached hydrogen (secondary N) is 1. The summed E-state index contributed by atoms with van der Waals surface area (Å²) in [4.78, 5) is 12.2. The maximum atomic E-state index is 12.2. The zero-order valence-corrected chi connectivity index (χ0v) is 14.8. The quantitative estimate of drug-likeness (QED) is 0.752. The summed E-state index contributed by atoms with van der Waals surface area (Å²) in [5.41, 5.74) is 1.77. The third-order valence-electron chi connectivity index (χ3n) is 3.92. The molecule has 2 atom stereocenters. The van der Waals surface area contributed by atoms with Crippen molar-refractivity contribution in [2.45, 2.75) is 26.4 Å². The number of sulfonamides is 1. The molecule has 1 amide bonds. The van der Waals surface area contributed by atoms with Crippen LogP contribution in [0.3, 0.4) is 0 Å². The number of rotatable bonds is 6. The van der Waals surface area contributed by atoms with Gasteiger partial charge in [0.15, 0.2) is 0 Å². The van der Waals surface area contributed by atoms with E-state index in [0.717, 1.165) is 11.4 Å². The molecule has 0 bridgehead atoms. The Kier molecular flexibility index (Phi) is 5.43. The number of hydrogen-bond donors (Lipinski definition) is 1. The fraction of sp³-hybridized carbons (Fsp3) is 0.714. The normalized spacial score (nSPS) is 21.8. The Balaban J connectivity index is 1.96. The van der Waals surface area contributed by atoms with Crippen LogP contribution in [0.5, 0.6) is 0 Å². The molecule has 0 aromatic carbocycles. The summed E-state index contributed by atoms with van der Waals surface area (Å²) in [6, 6.07) is 1.60. The zero-order chi connectivity index (χ0) is 17.2. The summed E-state index contributed by atoms with van der Waals surface area (Å²) in [6.07, 6.45) is 0. The summed E-state index contributed by atoms with van der Waals surface area (Å²) >= 11 is 0. The highest BCUT2D eigenvalue weighted by molar-refractivity contribution is 7.89. The number of carbonyl (C=O) groups excluding carboxylic acids is 1. The molecule has 1 aromatic heterocycles. The average Bonchev–Trinajstić information content (AvgIpc) is 2.96. The molecule has 0 saturated carbocycles. The lowest BCUT2D eigenvalue weighted by molar-refractivity contribution is -0.122. The lowest BCUT2D eigenvalue weighted by Gasteiger charge is -2.21. The van der Waals surface area contributed by atoms with Crippen LogP contribution in [0.15, 0.2) is 6.07 Å². The molecule has 130 valence electrons. The molecule has 2 heterocycles. The first-order chi connectivity index (χ1) is 10.7. The van der Waals surface area contributed by atoms with Gasteiger partial charge in [-0.25, -0.2) is 12.7 Å². The van der Waals surface area contributed by atoms with Gasteiger partial charge >= 0.3 is 0 Å². The summed E-state index contributed by atoms with van der Waals surface area (Å²) in [6.45, 7) is 4.53. The summed E-state index contributed by atoms with van der Waals surface area (Å²) in [5, 5.41) is 7.12. The van der Waals surface area contributed by atoms with E-state index < -0.39 is 10.0 Å². The number of nitrogens with zero attached hydrogens (tertiary/aromatic N) is 3. The molecule has 1 aliphatic heterocycles. The van der Waals surface area contributed by atoms with Gasteiger partial charge in [-0.1, -0.05) is 0 Å². The minimum atomic E-state index is -3.33. The third kappa shape index (κ3) is 4.52. The van der Waals surface area contributed by atoms with E-state index in [1.165, 1.54) is 18.4 Å². The van der Waals surface area contributed by atoms with Crippen molar-refractivity contribution in [3.63, 3.8) is 0 Å². The summed E-state index contributed by atoms with van der Waals surface area (Å²) in [7, 11) is -0.325.